The first kappa shape index (κ1) is 18.3. The fourth-order valence-electron chi connectivity index (χ4n) is 2.96. The predicted molar refractivity (Wildman–Crippen MR) is 101 cm³/mol. The molecule has 0 atom stereocenters. The number of nitrogens with one attached hydrogen (secondary N) is 1. The highest BCUT2D eigenvalue weighted by Gasteiger charge is 2.27. The third kappa shape index (κ3) is 3.67. The van der Waals surface area contributed by atoms with Crippen LogP contribution in [0.1, 0.15) is 33.5 Å². The van der Waals surface area contributed by atoms with Crippen molar-refractivity contribution in [3.05, 3.63) is 46.1 Å². The Bertz CT molecular complexity index is 1040. The molecule has 0 saturated heterocycles. The maximum Gasteiger partial charge on any atom is 0.308 e. The highest BCUT2D eigenvalue weighted by Crippen LogP contribution is 2.42. The molecule has 1 aromatic carbocycles. The Balaban J connectivity index is 1.63. The van der Waals surface area contributed by atoms with E-state index in [4.69, 9.17) is 14.0 Å². The molecule has 0 unspecified atom stereocenters. The normalized spacial score (nSPS) is 13.1. The second-order valence-corrected chi connectivity index (χ2v) is 7.33. The molecule has 0 fully saturated rings. The van der Waals surface area contributed by atoms with E-state index in [0.29, 0.717) is 41.2 Å². The standard InChI is InChI=1S/C19H17N3O5S/c1-10-20-18(27-22-10)16-14-7-8-25-9-15(14)28-19(16)21-17(24)12-3-5-13(6-4-12)26-11(2)23/h3-6H,7-9H2,1-2H3,(H,21,24). The summed E-state index contributed by atoms with van der Waals surface area (Å²) in [6, 6.07) is 6.35. The van der Waals surface area contributed by atoms with E-state index < -0.39 is 5.97 Å². The molecule has 0 saturated carbocycles. The van der Waals surface area contributed by atoms with E-state index in [9.17, 15) is 9.59 Å². The minimum absolute atomic E-state index is 0.286. The van der Waals surface area contributed by atoms with Crippen LogP contribution in [-0.2, 0) is 22.6 Å². The Morgan fingerprint density at radius 3 is 2.71 bits per heavy atom. The molecule has 1 amide bonds. The van der Waals surface area contributed by atoms with E-state index in [1.54, 1.807) is 31.2 Å². The van der Waals surface area contributed by atoms with Crippen molar-refractivity contribution in [3.8, 4) is 17.2 Å². The Kier molecular flexibility index (Phi) is 4.93. The summed E-state index contributed by atoms with van der Waals surface area (Å²) in [5, 5.41) is 7.45. The van der Waals surface area contributed by atoms with E-state index in [1.807, 2.05) is 0 Å². The number of carbonyl (C=O) groups excluding carboxylic acids is 2. The molecule has 8 nitrogen and oxygen atoms in total. The molecule has 4 rings (SSSR count). The number of hydrogen-bond donors (Lipinski definition) is 1. The monoisotopic (exact) mass is 399 g/mol. The van der Waals surface area contributed by atoms with E-state index in [2.05, 4.69) is 15.5 Å². The van der Waals surface area contributed by atoms with Gasteiger partial charge >= 0.3 is 5.97 Å². The van der Waals surface area contributed by atoms with Crippen molar-refractivity contribution in [2.75, 3.05) is 11.9 Å². The van der Waals surface area contributed by atoms with Gasteiger partial charge in [0.2, 0.25) is 0 Å². The van der Waals surface area contributed by atoms with Gasteiger partial charge in [0.15, 0.2) is 5.82 Å². The molecule has 3 heterocycles. The highest BCUT2D eigenvalue weighted by molar-refractivity contribution is 7.17. The lowest BCUT2D eigenvalue weighted by Crippen LogP contribution is -2.12. The summed E-state index contributed by atoms with van der Waals surface area (Å²) in [5.41, 5.74) is 2.26. The quantitative estimate of drug-likeness (QED) is 0.530. The van der Waals surface area contributed by atoms with Crippen molar-refractivity contribution < 1.29 is 23.6 Å². The average molecular weight is 399 g/mol. The summed E-state index contributed by atoms with van der Waals surface area (Å²) in [5.74, 6) is 0.599. The van der Waals surface area contributed by atoms with Gasteiger partial charge in [0.25, 0.3) is 11.8 Å². The van der Waals surface area contributed by atoms with Crippen LogP contribution in [0.3, 0.4) is 0 Å². The molecule has 0 bridgehead atoms. The maximum atomic E-state index is 12.7. The Morgan fingerprint density at radius 2 is 2.04 bits per heavy atom. The number of aryl methyl sites for hydroxylation is 1. The van der Waals surface area contributed by atoms with E-state index in [-0.39, 0.29) is 5.91 Å². The molecule has 1 aliphatic rings. The Hall–Kier alpha value is -3.04. The van der Waals surface area contributed by atoms with Gasteiger partial charge in [0, 0.05) is 17.4 Å². The minimum Gasteiger partial charge on any atom is -0.427 e. The van der Waals surface area contributed by atoms with Crippen LogP contribution in [-0.4, -0.2) is 28.6 Å². The smallest absolute Gasteiger partial charge is 0.308 e. The lowest BCUT2D eigenvalue weighted by molar-refractivity contribution is -0.131. The first-order chi connectivity index (χ1) is 13.5. The zero-order valence-electron chi connectivity index (χ0n) is 15.3. The Morgan fingerprint density at radius 1 is 1.25 bits per heavy atom. The number of fused-ring (bicyclic) bond motifs is 1. The van der Waals surface area contributed by atoms with Crippen LogP contribution in [0.4, 0.5) is 5.00 Å². The molecule has 3 aromatic rings. The molecule has 0 radical (unpaired) electrons. The minimum atomic E-state index is -0.414. The van der Waals surface area contributed by atoms with Gasteiger partial charge in [-0.3, -0.25) is 9.59 Å². The van der Waals surface area contributed by atoms with Crippen molar-refractivity contribution in [2.45, 2.75) is 26.9 Å². The van der Waals surface area contributed by atoms with Gasteiger partial charge in [-0.05, 0) is 43.2 Å². The molecule has 0 aliphatic carbocycles. The number of amides is 1. The number of nitrogens with zero attached hydrogens (tertiary/aromatic N) is 2. The van der Waals surface area contributed by atoms with Crippen LogP contribution < -0.4 is 10.1 Å². The number of hydrogen-bond acceptors (Lipinski definition) is 8. The molecule has 0 spiro atoms. The first-order valence-corrected chi connectivity index (χ1v) is 9.45. The van der Waals surface area contributed by atoms with Crippen LogP contribution >= 0.6 is 11.3 Å². The van der Waals surface area contributed by atoms with Crippen molar-refractivity contribution in [2.24, 2.45) is 0 Å². The van der Waals surface area contributed by atoms with Crippen molar-refractivity contribution >= 4 is 28.2 Å². The third-order valence-electron chi connectivity index (χ3n) is 4.17. The van der Waals surface area contributed by atoms with Gasteiger partial charge in [0.1, 0.15) is 10.8 Å². The fourth-order valence-corrected chi connectivity index (χ4v) is 4.13. The number of benzene rings is 1. The summed E-state index contributed by atoms with van der Waals surface area (Å²) >= 11 is 1.45. The Labute approximate surface area is 164 Å². The van der Waals surface area contributed by atoms with Crippen LogP contribution in [0, 0.1) is 6.92 Å². The number of rotatable bonds is 4. The maximum absolute atomic E-state index is 12.7. The molecule has 2 aromatic heterocycles. The lowest BCUT2D eigenvalue weighted by atomic mass is 10.1. The molecular weight excluding hydrogens is 382 g/mol. The molecule has 144 valence electrons. The number of anilines is 1. The van der Waals surface area contributed by atoms with Crippen molar-refractivity contribution in [1.82, 2.24) is 10.1 Å². The largest absolute Gasteiger partial charge is 0.427 e. The van der Waals surface area contributed by atoms with Crippen LogP contribution in [0.2, 0.25) is 0 Å². The van der Waals surface area contributed by atoms with E-state index in [0.717, 1.165) is 22.4 Å². The lowest BCUT2D eigenvalue weighted by Gasteiger charge is -2.12. The van der Waals surface area contributed by atoms with E-state index in [1.165, 1.54) is 18.3 Å². The summed E-state index contributed by atoms with van der Waals surface area (Å²) in [6.07, 6.45) is 0.718. The molecule has 28 heavy (non-hydrogen) atoms. The molecule has 9 heteroatoms. The molecule has 1 N–H and O–H groups in total. The van der Waals surface area contributed by atoms with Gasteiger partial charge in [-0.25, -0.2) is 0 Å². The van der Waals surface area contributed by atoms with Crippen molar-refractivity contribution in [3.63, 3.8) is 0 Å². The zero-order valence-corrected chi connectivity index (χ0v) is 16.1. The number of esters is 1. The average Bonchev–Trinajstić information content (AvgIpc) is 3.24. The highest BCUT2D eigenvalue weighted by atomic mass is 32.1. The topological polar surface area (TPSA) is 104 Å². The van der Waals surface area contributed by atoms with Gasteiger partial charge in [-0.1, -0.05) is 5.16 Å². The fraction of sp³-hybridized carbons (Fsp3) is 0.263. The summed E-state index contributed by atoms with van der Waals surface area (Å²) in [4.78, 5) is 29.1. The van der Waals surface area contributed by atoms with Crippen molar-refractivity contribution in [1.29, 1.82) is 0 Å². The van der Waals surface area contributed by atoms with Gasteiger partial charge in [0.05, 0.1) is 18.8 Å². The SMILES string of the molecule is CC(=O)Oc1ccc(C(=O)Nc2sc3c(c2-c2nc(C)no2)CCOC3)cc1. The van der Waals surface area contributed by atoms with Crippen LogP contribution in [0.5, 0.6) is 5.75 Å². The first-order valence-electron chi connectivity index (χ1n) is 8.64. The summed E-state index contributed by atoms with van der Waals surface area (Å²) in [6.45, 7) is 4.17. The zero-order chi connectivity index (χ0) is 19.7. The number of ether oxygens (including phenoxy) is 2. The van der Waals surface area contributed by atoms with Crippen LogP contribution in [0.25, 0.3) is 11.5 Å². The van der Waals surface area contributed by atoms with E-state index >= 15 is 0 Å². The van der Waals surface area contributed by atoms with Crippen LogP contribution in [0.15, 0.2) is 28.8 Å². The summed E-state index contributed by atoms with van der Waals surface area (Å²) < 4.78 is 15.9. The third-order valence-corrected chi connectivity index (χ3v) is 5.29. The second kappa shape index (κ2) is 7.53. The van der Waals surface area contributed by atoms with Gasteiger partial charge in [-0.15, -0.1) is 11.3 Å². The van der Waals surface area contributed by atoms with Gasteiger partial charge in [-0.2, -0.15) is 4.98 Å². The predicted octanol–water partition coefficient (Wildman–Crippen LogP) is 3.36. The second-order valence-electron chi connectivity index (χ2n) is 6.23. The molecule has 1 aliphatic heterocycles. The number of carbonyl (C=O) groups is 2. The number of thiophene rings is 1. The molecular formula is C19H17N3O5S. The number of aromatic nitrogens is 2. The van der Waals surface area contributed by atoms with Gasteiger partial charge < -0.3 is 19.3 Å². The summed E-state index contributed by atoms with van der Waals surface area (Å²) in [7, 11) is 0.